The fourth-order valence-electron chi connectivity index (χ4n) is 3.07. The molecule has 1 N–H and O–H groups in total. The van der Waals surface area contributed by atoms with E-state index in [0.717, 1.165) is 5.56 Å². The van der Waals surface area contributed by atoms with Gasteiger partial charge in [0.1, 0.15) is 5.76 Å². The van der Waals surface area contributed by atoms with Gasteiger partial charge < -0.3 is 14.7 Å². The predicted octanol–water partition coefficient (Wildman–Crippen LogP) is 5.33. The summed E-state index contributed by atoms with van der Waals surface area (Å²) in [6.07, 6.45) is 0.927. The molecule has 0 aliphatic carbocycles. The lowest BCUT2D eigenvalue weighted by Gasteiger charge is -2.31. The molecule has 0 aliphatic rings. The van der Waals surface area contributed by atoms with Crippen LogP contribution in [0.15, 0.2) is 36.4 Å². The van der Waals surface area contributed by atoms with Gasteiger partial charge in [-0.1, -0.05) is 58.0 Å². The van der Waals surface area contributed by atoms with Gasteiger partial charge in [0.2, 0.25) is 0 Å². The van der Waals surface area contributed by atoms with E-state index in [0.29, 0.717) is 5.76 Å². The third-order valence-corrected chi connectivity index (χ3v) is 4.38. The van der Waals surface area contributed by atoms with Crippen LogP contribution in [0.4, 0.5) is 4.79 Å². The highest BCUT2D eigenvalue weighted by atomic mass is 16.6. The van der Waals surface area contributed by atoms with Gasteiger partial charge in [0, 0.05) is 23.6 Å². The first kappa shape index (κ1) is 22.2. The van der Waals surface area contributed by atoms with Gasteiger partial charge in [-0.2, -0.15) is 0 Å². The predicted molar refractivity (Wildman–Crippen MR) is 108 cm³/mol. The topological polar surface area (TPSA) is 49.8 Å². The molecule has 26 heavy (non-hydrogen) atoms. The van der Waals surface area contributed by atoms with Crippen LogP contribution < -0.4 is 0 Å². The fraction of sp³-hybridized carbons (Fsp3) is 0.591. The van der Waals surface area contributed by atoms with E-state index in [1.807, 2.05) is 91.8 Å². The summed E-state index contributed by atoms with van der Waals surface area (Å²) in [4.78, 5) is 14.5. The fourth-order valence-corrected chi connectivity index (χ4v) is 3.07. The first-order valence-electron chi connectivity index (χ1n) is 9.40. The zero-order valence-electron chi connectivity index (χ0n) is 17.5. The summed E-state index contributed by atoms with van der Waals surface area (Å²) in [5.74, 6) is 0.322. The molecule has 0 saturated carbocycles. The Labute approximate surface area is 158 Å². The number of hydrogen-bond acceptors (Lipinski definition) is 3. The van der Waals surface area contributed by atoms with E-state index >= 15 is 0 Å². The average molecular weight is 362 g/mol. The first-order chi connectivity index (χ1) is 11.9. The van der Waals surface area contributed by atoms with Gasteiger partial charge in [-0.15, -0.1) is 0 Å². The Balaban J connectivity index is 3.19. The molecule has 0 saturated heterocycles. The van der Waals surface area contributed by atoms with Crippen LogP contribution in [-0.2, 0) is 4.74 Å². The number of rotatable bonds is 6. The quantitative estimate of drug-likeness (QED) is 0.697. The lowest BCUT2D eigenvalue weighted by molar-refractivity contribution is 0.0333. The van der Waals surface area contributed by atoms with Gasteiger partial charge in [0.25, 0.3) is 0 Å². The molecule has 0 aromatic heterocycles. The van der Waals surface area contributed by atoms with Gasteiger partial charge in [0.05, 0.1) is 6.10 Å². The highest BCUT2D eigenvalue weighted by Crippen LogP contribution is 2.29. The third-order valence-electron chi connectivity index (χ3n) is 4.38. The number of carbonyl (C=O) groups is 1. The number of amides is 1. The van der Waals surface area contributed by atoms with Crippen LogP contribution in [0.5, 0.6) is 0 Å². The Morgan fingerprint density at radius 1 is 1.04 bits per heavy atom. The molecule has 4 heteroatoms. The van der Waals surface area contributed by atoms with E-state index in [4.69, 9.17) is 4.74 Å². The summed E-state index contributed by atoms with van der Waals surface area (Å²) < 4.78 is 5.79. The van der Waals surface area contributed by atoms with Gasteiger partial charge in [-0.25, -0.2) is 4.79 Å². The van der Waals surface area contributed by atoms with Crippen molar-refractivity contribution in [1.82, 2.24) is 4.90 Å². The van der Waals surface area contributed by atoms with Crippen molar-refractivity contribution < 1.29 is 14.6 Å². The molecule has 1 aromatic rings. The number of carbonyl (C=O) groups excluding carboxylic acids is 1. The molecule has 0 unspecified atom stereocenters. The Hall–Kier alpha value is -1.81. The molecule has 1 aromatic carbocycles. The van der Waals surface area contributed by atoms with E-state index in [1.54, 1.807) is 4.90 Å². The number of hydrogen-bond donors (Lipinski definition) is 1. The Morgan fingerprint density at radius 2 is 1.54 bits per heavy atom. The van der Waals surface area contributed by atoms with Crippen molar-refractivity contribution in [2.45, 2.75) is 73.6 Å². The SMILES string of the molecule is CC(C)N(C(=O)O/C(=C\[C@H](C)[C@H](O)C(C)(C)C)c1ccccc1)C(C)C. The standard InChI is InChI=1S/C22H35NO3/c1-15(2)23(16(3)4)21(25)26-19(18-12-10-9-11-13-18)14-17(5)20(24)22(6,7)8/h9-17,20,24H,1-8H3/b19-14-/t17-,20-/m0/s1. The second kappa shape index (κ2) is 9.22. The van der Waals surface area contributed by atoms with Gasteiger partial charge >= 0.3 is 6.09 Å². The van der Waals surface area contributed by atoms with Crippen LogP contribution in [-0.4, -0.2) is 34.3 Å². The number of aliphatic hydroxyl groups excluding tert-OH is 1. The summed E-state index contributed by atoms with van der Waals surface area (Å²) >= 11 is 0. The number of ether oxygens (including phenoxy) is 1. The minimum Gasteiger partial charge on any atom is -0.410 e. The maximum Gasteiger partial charge on any atom is 0.415 e. The minimum absolute atomic E-state index is 0.0390. The molecule has 1 amide bonds. The van der Waals surface area contributed by atoms with Gasteiger partial charge in [-0.05, 0) is 39.2 Å². The largest absolute Gasteiger partial charge is 0.415 e. The second-order valence-electron chi connectivity index (χ2n) is 8.53. The molecule has 0 spiro atoms. The van der Waals surface area contributed by atoms with Gasteiger partial charge in [0.15, 0.2) is 0 Å². The van der Waals surface area contributed by atoms with Crippen molar-refractivity contribution >= 4 is 11.9 Å². The molecule has 0 heterocycles. The summed E-state index contributed by atoms with van der Waals surface area (Å²) in [6, 6.07) is 9.63. The lowest BCUT2D eigenvalue weighted by atomic mass is 9.81. The van der Waals surface area contributed by atoms with Crippen molar-refractivity contribution in [1.29, 1.82) is 0 Å². The highest BCUT2D eigenvalue weighted by Gasteiger charge is 2.28. The molecule has 0 bridgehead atoms. The van der Waals surface area contributed by atoms with Gasteiger partial charge in [-0.3, -0.25) is 0 Å². The van der Waals surface area contributed by atoms with E-state index in [2.05, 4.69) is 0 Å². The van der Waals surface area contributed by atoms with Crippen LogP contribution in [0.3, 0.4) is 0 Å². The molecule has 0 radical (unpaired) electrons. The smallest absolute Gasteiger partial charge is 0.410 e. The van der Waals surface area contributed by atoms with Crippen molar-refractivity contribution in [2.24, 2.45) is 11.3 Å². The third kappa shape index (κ3) is 6.17. The van der Waals surface area contributed by atoms with Crippen molar-refractivity contribution in [2.75, 3.05) is 0 Å². The second-order valence-corrected chi connectivity index (χ2v) is 8.53. The zero-order valence-corrected chi connectivity index (χ0v) is 17.5. The molecule has 0 aliphatic heterocycles. The van der Waals surface area contributed by atoms with E-state index in [-0.39, 0.29) is 29.5 Å². The van der Waals surface area contributed by atoms with E-state index in [1.165, 1.54) is 0 Å². The number of aliphatic hydroxyl groups is 1. The van der Waals surface area contributed by atoms with E-state index < -0.39 is 6.10 Å². The first-order valence-corrected chi connectivity index (χ1v) is 9.40. The maximum atomic E-state index is 12.8. The lowest BCUT2D eigenvalue weighted by Crippen LogP contribution is -2.42. The molecule has 2 atom stereocenters. The number of nitrogens with zero attached hydrogens (tertiary/aromatic N) is 1. The molecular weight excluding hydrogens is 326 g/mol. The summed E-state index contributed by atoms with van der Waals surface area (Å²) in [5, 5.41) is 10.6. The Morgan fingerprint density at radius 3 is 1.96 bits per heavy atom. The van der Waals surface area contributed by atoms with Crippen LogP contribution in [0.1, 0.15) is 61.0 Å². The van der Waals surface area contributed by atoms with Crippen LogP contribution >= 0.6 is 0 Å². The average Bonchev–Trinajstić information content (AvgIpc) is 2.52. The molecule has 4 nitrogen and oxygen atoms in total. The Kier molecular flexibility index (Phi) is 7.88. The van der Waals surface area contributed by atoms with E-state index in [9.17, 15) is 9.90 Å². The highest BCUT2D eigenvalue weighted by molar-refractivity contribution is 5.77. The van der Waals surface area contributed by atoms with Crippen molar-refractivity contribution in [3.05, 3.63) is 42.0 Å². The number of benzene rings is 1. The summed E-state index contributed by atoms with van der Waals surface area (Å²) in [5.41, 5.74) is 0.560. The Bertz CT molecular complexity index is 592. The molecule has 1 rings (SSSR count). The normalized spacial score (nSPS) is 15.1. The monoisotopic (exact) mass is 361 g/mol. The van der Waals surface area contributed by atoms with Crippen molar-refractivity contribution in [3.8, 4) is 0 Å². The molecule has 0 fully saturated rings. The molecule has 146 valence electrons. The summed E-state index contributed by atoms with van der Waals surface area (Å²) in [7, 11) is 0. The maximum absolute atomic E-state index is 12.8. The summed E-state index contributed by atoms with van der Waals surface area (Å²) in [6.45, 7) is 15.8. The van der Waals surface area contributed by atoms with Crippen LogP contribution in [0, 0.1) is 11.3 Å². The van der Waals surface area contributed by atoms with Crippen LogP contribution in [0.2, 0.25) is 0 Å². The van der Waals surface area contributed by atoms with Crippen LogP contribution in [0.25, 0.3) is 5.76 Å². The minimum atomic E-state index is -0.550. The van der Waals surface area contributed by atoms with Crippen molar-refractivity contribution in [3.63, 3.8) is 0 Å². The zero-order chi connectivity index (χ0) is 20.1. The molecular formula is C22H35NO3.